The molecule has 34 heavy (non-hydrogen) atoms. The smallest absolute Gasteiger partial charge is 0.279 e. The molecular formula is C26H20F2N4O2. The van der Waals surface area contributed by atoms with Crippen LogP contribution < -0.4 is 10.2 Å². The molecule has 0 aliphatic rings. The molecule has 0 aliphatic carbocycles. The molecule has 4 rings (SSSR count). The highest BCUT2D eigenvalue weighted by molar-refractivity contribution is 6.11. The van der Waals surface area contributed by atoms with E-state index in [1.54, 1.807) is 18.2 Å². The van der Waals surface area contributed by atoms with E-state index in [1.807, 2.05) is 13.0 Å². The van der Waals surface area contributed by atoms with Crippen LogP contribution in [0.25, 0.3) is 0 Å². The topological polar surface area (TPSA) is 75.2 Å². The van der Waals surface area contributed by atoms with E-state index in [0.717, 1.165) is 5.56 Å². The van der Waals surface area contributed by atoms with Gasteiger partial charge in [-0.25, -0.2) is 13.8 Å². The van der Waals surface area contributed by atoms with Gasteiger partial charge in [-0.2, -0.15) is 0 Å². The van der Waals surface area contributed by atoms with Crippen molar-refractivity contribution in [2.24, 2.45) is 0 Å². The lowest BCUT2D eigenvalue weighted by Crippen LogP contribution is -2.42. The summed E-state index contributed by atoms with van der Waals surface area (Å²) in [6.45, 7) is 1.86. The minimum atomic E-state index is -1.19. The van der Waals surface area contributed by atoms with E-state index in [4.69, 9.17) is 0 Å². The summed E-state index contributed by atoms with van der Waals surface area (Å²) < 4.78 is 27.1. The van der Waals surface area contributed by atoms with Gasteiger partial charge in [0, 0.05) is 23.8 Å². The summed E-state index contributed by atoms with van der Waals surface area (Å²) >= 11 is 0. The Morgan fingerprint density at radius 3 is 2.21 bits per heavy atom. The summed E-state index contributed by atoms with van der Waals surface area (Å²) in [6, 6.07) is 16.5. The molecule has 2 amide bonds. The van der Waals surface area contributed by atoms with E-state index in [2.05, 4.69) is 15.3 Å². The van der Waals surface area contributed by atoms with Crippen LogP contribution in [0.1, 0.15) is 27.7 Å². The molecule has 0 saturated carbocycles. The summed E-state index contributed by atoms with van der Waals surface area (Å²) in [6.07, 6.45) is 4.13. The van der Waals surface area contributed by atoms with Crippen LogP contribution in [-0.4, -0.2) is 21.8 Å². The van der Waals surface area contributed by atoms with Crippen LogP contribution in [0.3, 0.4) is 0 Å². The molecule has 0 fully saturated rings. The number of halogens is 2. The van der Waals surface area contributed by atoms with Crippen LogP contribution in [-0.2, 0) is 4.79 Å². The first-order valence-corrected chi connectivity index (χ1v) is 10.4. The second-order valence-electron chi connectivity index (χ2n) is 7.56. The lowest BCUT2D eigenvalue weighted by Gasteiger charge is -2.31. The highest BCUT2D eigenvalue weighted by Gasteiger charge is 2.34. The standard InChI is InChI=1S/C26H20F2N4O2/c1-17-3-2-4-22(15-17)32(26(34)23-16-29-13-14-30-23)24(18-5-7-19(27)8-6-18)25(33)31-21-11-9-20(28)10-12-21/h2-16,24H,1H3,(H,31,33)/t24-/m1/s1. The zero-order chi connectivity index (χ0) is 24.1. The summed E-state index contributed by atoms with van der Waals surface area (Å²) in [7, 11) is 0. The number of nitrogens with one attached hydrogen (secondary N) is 1. The number of benzene rings is 3. The fourth-order valence-corrected chi connectivity index (χ4v) is 3.50. The number of carbonyl (C=O) groups is 2. The number of anilines is 2. The van der Waals surface area contributed by atoms with Gasteiger partial charge in [0.15, 0.2) is 0 Å². The van der Waals surface area contributed by atoms with Gasteiger partial charge in [0.25, 0.3) is 11.8 Å². The Balaban J connectivity index is 1.84. The maximum absolute atomic E-state index is 13.7. The predicted octanol–water partition coefficient (Wildman–Crippen LogP) is 5.09. The van der Waals surface area contributed by atoms with Crippen molar-refractivity contribution in [3.8, 4) is 0 Å². The number of amides is 2. The monoisotopic (exact) mass is 458 g/mol. The van der Waals surface area contributed by atoms with Gasteiger partial charge in [-0.1, -0.05) is 24.3 Å². The molecule has 0 spiro atoms. The van der Waals surface area contributed by atoms with Crippen molar-refractivity contribution in [2.45, 2.75) is 13.0 Å². The Kier molecular flexibility index (Phi) is 6.68. The van der Waals surface area contributed by atoms with Crippen LogP contribution in [0.4, 0.5) is 20.2 Å². The van der Waals surface area contributed by atoms with E-state index in [1.165, 1.54) is 72.0 Å². The van der Waals surface area contributed by atoms with Crippen molar-refractivity contribution >= 4 is 23.2 Å². The lowest BCUT2D eigenvalue weighted by molar-refractivity contribution is -0.117. The van der Waals surface area contributed by atoms with E-state index >= 15 is 0 Å². The first kappa shape index (κ1) is 22.7. The SMILES string of the molecule is Cc1cccc(N(C(=O)c2cnccn2)[C@@H](C(=O)Nc2ccc(F)cc2)c2ccc(F)cc2)c1. The van der Waals surface area contributed by atoms with Gasteiger partial charge in [0.2, 0.25) is 0 Å². The normalized spacial score (nSPS) is 11.5. The van der Waals surface area contributed by atoms with Gasteiger partial charge in [-0.15, -0.1) is 0 Å². The Bertz CT molecular complexity index is 1300. The number of aromatic nitrogens is 2. The number of nitrogens with zero attached hydrogens (tertiary/aromatic N) is 3. The summed E-state index contributed by atoms with van der Waals surface area (Å²) in [5, 5.41) is 2.72. The van der Waals surface area contributed by atoms with Crippen molar-refractivity contribution in [3.63, 3.8) is 0 Å². The van der Waals surface area contributed by atoms with Crippen LogP contribution in [0.5, 0.6) is 0 Å². The van der Waals surface area contributed by atoms with Gasteiger partial charge in [0.1, 0.15) is 23.4 Å². The van der Waals surface area contributed by atoms with E-state index in [0.29, 0.717) is 16.9 Å². The molecule has 0 saturated heterocycles. The first-order valence-electron chi connectivity index (χ1n) is 10.4. The Hall–Kier alpha value is -4.46. The Morgan fingerprint density at radius 2 is 1.59 bits per heavy atom. The van der Waals surface area contributed by atoms with Gasteiger partial charge >= 0.3 is 0 Å². The van der Waals surface area contributed by atoms with E-state index in [-0.39, 0.29) is 5.69 Å². The first-order chi connectivity index (χ1) is 16.4. The van der Waals surface area contributed by atoms with Crippen LogP contribution in [0.15, 0.2) is 91.4 Å². The van der Waals surface area contributed by atoms with E-state index < -0.39 is 29.5 Å². The highest BCUT2D eigenvalue weighted by atomic mass is 19.1. The van der Waals surface area contributed by atoms with Crippen LogP contribution in [0, 0.1) is 18.6 Å². The van der Waals surface area contributed by atoms with Crippen molar-refractivity contribution in [1.82, 2.24) is 9.97 Å². The molecule has 170 valence electrons. The quantitative estimate of drug-likeness (QED) is 0.437. The minimum Gasteiger partial charge on any atom is -0.324 e. The zero-order valence-corrected chi connectivity index (χ0v) is 18.2. The van der Waals surface area contributed by atoms with Crippen LogP contribution in [0.2, 0.25) is 0 Å². The number of hydrogen-bond donors (Lipinski definition) is 1. The summed E-state index contributed by atoms with van der Waals surface area (Å²) in [4.78, 5) is 36.6. The van der Waals surface area contributed by atoms with Gasteiger partial charge < -0.3 is 5.32 Å². The molecule has 1 N–H and O–H groups in total. The zero-order valence-electron chi connectivity index (χ0n) is 18.2. The fourth-order valence-electron chi connectivity index (χ4n) is 3.50. The fraction of sp³-hybridized carbons (Fsp3) is 0.0769. The van der Waals surface area contributed by atoms with Crippen molar-refractivity contribution in [2.75, 3.05) is 10.2 Å². The second-order valence-corrected chi connectivity index (χ2v) is 7.56. The summed E-state index contributed by atoms with van der Waals surface area (Å²) in [5.41, 5.74) is 2.06. The van der Waals surface area contributed by atoms with E-state index in [9.17, 15) is 18.4 Å². The third-order valence-electron chi connectivity index (χ3n) is 5.08. The Labute approximate surface area is 194 Å². The number of aryl methyl sites for hydroxylation is 1. The minimum absolute atomic E-state index is 0.0331. The molecule has 0 unspecified atom stereocenters. The van der Waals surface area contributed by atoms with Crippen molar-refractivity contribution in [3.05, 3.63) is 120 Å². The molecule has 0 radical (unpaired) electrons. The maximum atomic E-state index is 13.7. The highest BCUT2D eigenvalue weighted by Crippen LogP contribution is 2.31. The maximum Gasteiger partial charge on any atom is 0.279 e. The van der Waals surface area contributed by atoms with Gasteiger partial charge in [-0.05, 0) is 66.6 Å². The van der Waals surface area contributed by atoms with Crippen molar-refractivity contribution in [1.29, 1.82) is 0 Å². The average molecular weight is 458 g/mol. The molecule has 3 aromatic carbocycles. The molecule has 4 aromatic rings. The average Bonchev–Trinajstić information content (AvgIpc) is 2.85. The lowest BCUT2D eigenvalue weighted by atomic mass is 10.0. The largest absolute Gasteiger partial charge is 0.324 e. The Morgan fingerprint density at radius 1 is 0.912 bits per heavy atom. The second kappa shape index (κ2) is 9.99. The number of carbonyl (C=O) groups excluding carboxylic acids is 2. The molecule has 1 aromatic heterocycles. The number of hydrogen-bond acceptors (Lipinski definition) is 4. The van der Waals surface area contributed by atoms with Crippen LogP contribution >= 0.6 is 0 Å². The van der Waals surface area contributed by atoms with Gasteiger partial charge in [0.05, 0.1) is 6.20 Å². The number of rotatable bonds is 6. The molecule has 6 nitrogen and oxygen atoms in total. The molecule has 1 heterocycles. The molecular weight excluding hydrogens is 438 g/mol. The predicted molar refractivity (Wildman–Crippen MR) is 124 cm³/mol. The molecule has 1 atom stereocenters. The molecule has 0 aliphatic heterocycles. The molecule has 0 bridgehead atoms. The molecule has 8 heteroatoms. The third-order valence-corrected chi connectivity index (χ3v) is 5.08. The summed E-state index contributed by atoms with van der Waals surface area (Å²) in [5.74, 6) is -2.07. The van der Waals surface area contributed by atoms with Gasteiger partial charge in [-0.3, -0.25) is 19.5 Å². The third kappa shape index (κ3) is 5.12. The van der Waals surface area contributed by atoms with Crippen molar-refractivity contribution < 1.29 is 18.4 Å².